The Hall–Kier alpha value is -1.79. The average Bonchev–Trinajstić information content (AvgIpc) is 2.48. The number of amides is 1. The molecule has 3 unspecified atom stereocenters. The van der Waals surface area contributed by atoms with Crippen LogP contribution in [0, 0.1) is 0 Å². The second kappa shape index (κ2) is 6.78. The van der Waals surface area contributed by atoms with Gasteiger partial charge in [-0.2, -0.15) is 0 Å². The molecule has 1 amide bonds. The molecule has 0 bridgehead atoms. The van der Waals surface area contributed by atoms with E-state index < -0.39 is 12.2 Å². The fourth-order valence-electron chi connectivity index (χ4n) is 2.66. The summed E-state index contributed by atoms with van der Waals surface area (Å²) >= 11 is 0. The van der Waals surface area contributed by atoms with Gasteiger partial charge in [0.15, 0.2) is 0 Å². The number of carbonyl (C=O) groups is 1. The molecule has 6 heteroatoms. The van der Waals surface area contributed by atoms with Gasteiger partial charge < -0.3 is 20.3 Å². The molecule has 4 N–H and O–H groups in total. The fraction of sp³-hybridized carbons (Fsp3) is 0.533. The Balaban J connectivity index is 2.15. The number of phenolic OH excluding ortho intramolecular Hbond substituents is 1. The number of methoxy groups -OCH3 is 1. The Morgan fingerprint density at radius 2 is 2.24 bits per heavy atom. The Morgan fingerprint density at radius 3 is 2.90 bits per heavy atom. The van der Waals surface area contributed by atoms with Gasteiger partial charge in [-0.05, 0) is 37.5 Å². The number of hydrogen-bond acceptors (Lipinski definition) is 5. The second-order valence-corrected chi connectivity index (χ2v) is 5.44. The number of carbonyl (C=O) groups excluding carboxylic acids is 1. The average molecular weight is 294 g/mol. The minimum atomic E-state index is -0.688. The molecule has 6 nitrogen and oxygen atoms in total. The SMILES string of the molecule is COC(=O)Nc1cc(C(O)C2CCCC(C)N2)ccc1O. The predicted octanol–water partition coefficient (Wildman–Crippen LogP) is 2.13. The van der Waals surface area contributed by atoms with Gasteiger partial charge in [-0.25, -0.2) is 4.79 Å². The van der Waals surface area contributed by atoms with E-state index in [-0.39, 0.29) is 17.5 Å². The monoisotopic (exact) mass is 294 g/mol. The number of phenols is 1. The van der Waals surface area contributed by atoms with Crippen molar-refractivity contribution >= 4 is 11.8 Å². The Bertz CT molecular complexity index is 506. The second-order valence-electron chi connectivity index (χ2n) is 5.44. The molecule has 1 aliphatic rings. The van der Waals surface area contributed by atoms with E-state index in [1.54, 1.807) is 12.1 Å². The molecular weight excluding hydrogens is 272 g/mol. The topological polar surface area (TPSA) is 90.8 Å². The molecule has 0 aromatic heterocycles. The summed E-state index contributed by atoms with van der Waals surface area (Å²) in [4.78, 5) is 11.2. The van der Waals surface area contributed by atoms with Crippen LogP contribution in [-0.2, 0) is 4.74 Å². The van der Waals surface area contributed by atoms with Gasteiger partial charge in [-0.15, -0.1) is 0 Å². The van der Waals surface area contributed by atoms with Gasteiger partial charge in [-0.1, -0.05) is 12.5 Å². The van der Waals surface area contributed by atoms with Crippen LogP contribution in [-0.4, -0.2) is 35.5 Å². The smallest absolute Gasteiger partial charge is 0.411 e. The van der Waals surface area contributed by atoms with Gasteiger partial charge in [0.2, 0.25) is 0 Å². The zero-order chi connectivity index (χ0) is 15.4. The molecule has 1 heterocycles. The van der Waals surface area contributed by atoms with Crippen molar-refractivity contribution < 1.29 is 19.7 Å². The predicted molar refractivity (Wildman–Crippen MR) is 79.3 cm³/mol. The van der Waals surface area contributed by atoms with Crippen molar-refractivity contribution in [2.75, 3.05) is 12.4 Å². The van der Waals surface area contributed by atoms with Gasteiger partial charge in [0.05, 0.1) is 18.9 Å². The molecule has 2 rings (SSSR count). The van der Waals surface area contributed by atoms with E-state index in [4.69, 9.17) is 0 Å². The van der Waals surface area contributed by atoms with Crippen molar-refractivity contribution in [3.05, 3.63) is 23.8 Å². The molecule has 1 aromatic rings. The minimum absolute atomic E-state index is 0.0238. The number of aliphatic hydroxyl groups excluding tert-OH is 1. The Kier molecular flexibility index (Phi) is 5.03. The van der Waals surface area contributed by atoms with Crippen molar-refractivity contribution in [3.8, 4) is 5.75 Å². The van der Waals surface area contributed by atoms with Gasteiger partial charge >= 0.3 is 6.09 Å². The van der Waals surface area contributed by atoms with E-state index in [1.165, 1.54) is 13.2 Å². The first-order valence-electron chi connectivity index (χ1n) is 7.13. The van der Waals surface area contributed by atoms with Crippen LogP contribution < -0.4 is 10.6 Å². The molecular formula is C15H22N2O4. The highest BCUT2D eigenvalue weighted by Crippen LogP contribution is 2.30. The summed E-state index contributed by atoms with van der Waals surface area (Å²) in [6.45, 7) is 2.10. The molecule has 0 spiro atoms. The zero-order valence-corrected chi connectivity index (χ0v) is 12.3. The van der Waals surface area contributed by atoms with E-state index in [9.17, 15) is 15.0 Å². The van der Waals surface area contributed by atoms with Crippen LogP contribution >= 0.6 is 0 Å². The third kappa shape index (κ3) is 3.86. The minimum Gasteiger partial charge on any atom is -0.506 e. The molecule has 3 atom stereocenters. The quantitative estimate of drug-likeness (QED) is 0.641. The maximum absolute atomic E-state index is 11.2. The summed E-state index contributed by atoms with van der Waals surface area (Å²) < 4.78 is 4.50. The summed E-state index contributed by atoms with van der Waals surface area (Å²) in [5.74, 6) is -0.0682. The van der Waals surface area contributed by atoms with E-state index in [0.29, 0.717) is 11.6 Å². The van der Waals surface area contributed by atoms with E-state index in [0.717, 1.165) is 19.3 Å². The van der Waals surface area contributed by atoms with Crippen molar-refractivity contribution in [1.82, 2.24) is 5.32 Å². The van der Waals surface area contributed by atoms with Crippen LogP contribution in [0.3, 0.4) is 0 Å². The number of aromatic hydroxyl groups is 1. The third-order valence-electron chi connectivity index (χ3n) is 3.82. The summed E-state index contributed by atoms with van der Waals surface area (Å²) in [5, 5.41) is 26.0. The highest BCUT2D eigenvalue weighted by atomic mass is 16.5. The lowest BCUT2D eigenvalue weighted by Crippen LogP contribution is -2.44. The van der Waals surface area contributed by atoms with Crippen LogP contribution in [0.1, 0.15) is 37.9 Å². The Morgan fingerprint density at radius 1 is 1.48 bits per heavy atom. The highest BCUT2D eigenvalue weighted by Gasteiger charge is 2.26. The first kappa shape index (κ1) is 15.6. The maximum atomic E-state index is 11.2. The van der Waals surface area contributed by atoms with E-state index in [1.807, 2.05) is 0 Å². The summed E-state index contributed by atoms with van der Waals surface area (Å²) in [6.07, 6.45) is 1.72. The number of hydrogen-bond donors (Lipinski definition) is 4. The molecule has 1 saturated heterocycles. The van der Waals surface area contributed by atoms with Crippen LogP contribution in [0.4, 0.5) is 10.5 Å². The fourth-order valence-corrected chi connectivity index (χ4v) is 2.66. The molecule has 1 fully saturated rings. The van der Waals surface area contributed by atoms with Gasteiger partial charge in [0.25, 0.3) is 0 Å². The van der Waals surface area contributed by atoms with Crippen molar-refractivity contribution in [3.63, 3.8) is 0 Å². The molecule has 0 aliphatic carbocycles. The number of benzene rings is 1. The zero-order valence-electron chi connectivity index (χ0n) is 12.3. The number of anilines is 1. The first-order valence-corrected chi connectivity index (χ1v) is 7.13. The normalized spacial score (nSPS) is 23.4. The number of nitrogens with one attached hydrogen (secondary N) is 2. The molecule has 116 valence electrons. The third-order valence-corrected chi connectivity index (χ3v) is 3.82. The standard InChI is InChI=1S/C15H22N2O4/c1-9-4-3-5-11(16-9)14(19)10-6-7-13(18)12(8-10)17-15(20)21-2/h6-9,11,14,16,18-19H,3-5H2,1-2H3,(H,17,20). The number of rotatable bonds is 3. The van der Waals surface area contributed by atoms with Crippen LogP contribution in [0.5, 0.6) is 5.75 Å². The largest absolute Gasteiger partial charge is 0.506 e. The summed E-state index contributed by atoms with van der Waals surface area (Å²) in [6, 6.07) is 5.03. The molecule has 0 radical (unpaired) electrons. The number of aliphatic hydroxyl groups is 1. The van der Waals surface area contributed by atoms with Crippen molar-refractivity contribution in [1.29, 1.82) is 0 Å². The van der Waals surface area contributed by atoms with Gasteiger partial charge in [-0.3, -0.25) is 5.32 Å². The van der Waals surface area contributed by atoms with Crippen LogP contribution in [0.15, 0.2) is 18.2 Å². The van der Waals surface area contributed by atoms with Gasteiger partial charge in [0.1, 0.15) is 5.75 Å². The lowest BCUT2D eigenvalue weighted by molar-refractivity contribution is 0.104. The van der Waals surface area contributed by atoms with Crippen LogP contribution in [0.2, 0.25) is 0 Å². The molecule has 21 heavy (non-hydrogen) atoms. The first-order chi connectivity index (χ1) is 10.0. The van der Waals surface area contributed by atoms with E-state index >= 15 is 0 Å². The number of ether oxygens (including phenoxy) is 1. The summed E-state index contributed by atoms with van der Waals surface area (Å²) in [7, 11) is 1.25. The van der Waals surface area contributed by atoms with Crippen LogP contribution in [0.25, 0.3) is 0 Å². The lowest BCUT2D eigenvalue weighted by atomic mass is 9.92. The number of piperidine rings is 1. The molecule has 1 aromatic carbocycles. The van der Waals surface area contributed by atoms with Crippen molar-refractivity contribution in [2.24, 2.45) is 0 Å². The summed E-state index contributed by atoms with van der Waals surface area (Å²) in [5.41, 5.74) is 0.869. The lowest BCUT2D eigenvalue weighted by Gasteiger charge is -2.32. The maximum Gasteiger partial charge on any atom is 0.411 e. The molecule has 1 aliphatic heterocycles. The highest BCUT2D eigenvalue weighted by molar-refractivity contribution is 5.86. The van der Waals surface area contributed by atoms with E-state index in [2.05, 4.69) is 22.3 Å². The van der Waals surface area contributed by atoms with Crippen molar-refractivity contribution in [2.45, 2.75) is 44.4 Å². The van der Waals surface area contributed by atoms with Gasteiger partial charge in [0, 0.05) is 12.1 Å². The Labute approximate surface area is 124 Å². The molecule has 0 saturated carbocycles.